The monoisotopic (exact) mass is 460 g/mol. The maximum Gasteiger partial charge on any atom is 0.335 e. The number of aliphatic carboxylic acids is 1. The summed E-state index contributed by atoms with van der Waals surface area (Å²) in [6.07, 6.45) is -9.10. The lowest BCUT2D eigenvalue weighted by Crippen LogP contribution is -2.61. The van der Waals surface area contributed by atoms with E-state index in [4.69, 9.17) is 23.7 Å². The number of rotatable bonds is 5. The minimum Gasteiger partial charge on any atom is -0.507 e. The highest BCUT2D eigenvalue weighted by Crippen LogP contribution is 2.33. The molecule has 1 aliphatic heterocycles. The number of aromatic hydroxyl groups is 1. The van der Waals surface area contributed by atoms with Crippen LogP contribution in [0.4, 0.5) is 0 Å². The first-order valence-corrected chi connectivity index (χ1v) is 9.74. The summed E-state index contributed by atoms with van der Waals surface area (Å²) in [5.41, 5.74) is -0.0124. The molecule has 3 aromatic rings. The standard InChI is InChI=1S/C22H20O11/c1-30-10-4-2-9(3-5-10)14-8-13(24)16-12(23)6-11(7-15(16)32-14)31-22-19(27)17(25)18(26)20(33-22)21(28)29/h2-8,17-20,22-23,25-27H,1H3,(H,28,29)/t17-,18+,19-,20+,22-/m1/s1. The van der Waals surface area contributed by atoms with Crippen LogP contribution in [0, 0.1) is 0 Å². The third-order valence-electron chi connectivity index (χ3n) is 5.22. The van der Waals surface area contributed by atoms with Crippen molar-refractivity contribution in [3.8, 4) is 28.6 Å². The number of phenols is 1. The molecule has 1 fully saturated rings. The lowest BCUT2D eigenvalue weighted by atomic mass is 9.99. The number of benzene rings is 2. The summed E-state index contributed by atoms with van der Waals surface area (Å²) >= 11 is 0. The van der Waals surface area contributed by atoms with E-state index in [1.54, 1.807) is 24.3 Å². The van der Waals surface area contributed by atoms with Crippen LogP contribution in [0.2, 0.25) is 0 Å². The van der Waals surface area contributed by atoms with Gasteiger partial charge in [0.15, 0.2) is 11.5 Å². The van der Waals surface area contributed by atoms with Gasteiger partial charge in [0.2, 0.25) is 6.29 Å². The third kappa shape index (κ3) is 4.22. The zero-order valence-electron chi connectivity index (χ0n) is 17.1. The first kappa shape index (κ1) is 22.6. The summed E-state index contributed by atoms with van der Waals surface area (Å²) in [7, 11) is 1.51. The van der Waals surface area contributed by atoms with E-state index in [0.717, 1.165) is 6.07 Å². The van der Waals surface area contributed by atoms with Gasteiger partial charge in [-0.3, -0.25) is 4.79 Å². The van der Waals surface area contributed by atoms with Crippen molar-refractivity contribution in [2.45, 2.75) is 30.7 Å². The van der Waals surface area contributed by atoms with Crippen LogP contribution >= 0.6 is 0 Å². The Morgan fingerprint density at radius 2 is 1.67 bits per heavy atom. The molecule has 2 heterocycles. The van der Waals surface area contributed by atoms with Crippen LogP contribution < -0.4 is 14.9 Å². The summed E-state index contributed by atoms with van der Waals surface area (Å²) < 4.78 is 21.4. The van der Waals surface area contributed by atoms with Crippen LogP contribution in [0.5, 0.6) is 17.2 Å². The number of carboxylic acid groups (broad SMARTS) is 1. The van der Waals surface area contributed by atoms with E-state index in [9.17, 15) is 30.0 Å². The van der Waals surface area contributed by atoms with Crippen molar-refractivity contribution in [2.24, 2.45) is 0 Å². The van der Waals surface area contributed by atoms with Gasteiger partial charge in [-0.05, 0) is 24.3 Å². The first-order valence-electron chi connectivity index (χ1n) is 9.74. The van der Waals surface area contributed by atoms with Gasteiger partial charge < -0.3 is 44.2 Å². The number of aliphatic hydroxyl groups is 3. The number of carboxylic acids is 1. The Balaban J connectivity index is 1.70. The highest BCUT2D eigenvalue weighted by molar-refractivity contribution is 5.86. The Labute approximate surface area is 185 Å². The average molecular weight is 460 g/mol. The second-order valence-corrected chi connectivity index (χ2v) is 7.37. The van der Waals surface area contributed by atoms with Crippen molar-refractivity contribution in [1.82, 2.24) is 0 Å². The molecule has 0 amide bonds. The molecule has 4 rings (SSSR count). The summed E-state index contributed by atoms with van der Waals surface area (Å²) in [4.78, 5) is 23.9. The lowest BCUT2D eigenvalue weighted by Gasteiger charge is -2.38. The van der Waals surface area contributed by atoms with Gasteiger partial charge in [-0.25, -0.2) is 4.79 Å². The van der Waals surface area contributed by atoms with Crippen molar-refractivity contribution in [3.63, 3.8) is 0 Å². The van der Waals surface area contributed by atoms with Gasteiger partial charge >= 0.3 is 5.97 Å². The fourth-order valence-electron chi connectivity index (χ4n) is 3.49. The Morgan fingerprint density at radius 3 is 2.30 bits per heavy atom. The topological polar surface area (TPSA) is 176 Å². The molecule has 5 N–H and O–H groups in total. The largest absolute Gasteiger partial charge is 0.507 e. The molecule has 0 spiro atoms. The highest BCUT2D eigenvalue weighted by Gasteiger charge is 2.48. The maximum atomic E-state index is 12.6. The van der Waals surface area contributed by atoms with Crippen molar-refractivity contribution in [3.05, 3.63) is 52.7 Å². The number of ether oxygens (including phenoxy) is 3. The molecule has 1 saturated heterocycles. The van der Waals surface area contributed by atoms with Crippen LogP contribution in [0.1, 0.15) is 0 Å². The van der Waals surface area contributed by atoms with Crippen LogP contribution in [-0.4, -0.2) is 69.3 Å². The molecule has 0 saturated carbocycles. The van der Waals surface area contributed by atoms with Gasteiger partial charge in [-0.1, -0.05) is 0 Å². The highest BCUT2D eigenvalue weighted by atomic mass is 16.7. The van der Waals surface area contributed by atoms with Crippen molar-refractivity contribution >= 4 is 16.9 Å². The molecule has 1 aliphatic rings. The van der Waals surface area contributed by atoms with E-state index in [1.807, 2.05) is 0 Å². The summed E-state index contributed by atoms with van der Waals surface area (Å²) in [5, 5.41) is 49.2. The molecule has 1 aromatic heterocycles. The van der Waals surface area contributed by atoms with Crippen molar-refractivity contribution in [2.75, 3.05) is 7.11 Å². The van der Waals surface area contributed by atoms with E-state index in [2.05, 4.69) is 0 Å². The average Bonchev–Trinajstić information content (AvgIpc) is 2.78. The quantitative estimate of drug-likeness (QED) is 0.357. The smallest absolute Gasteiger partial charge is 0.335 e. The molecule has 33 heavy (non-hydrogen) atoms. The van der Waals surface area contributed by atoms with E-state index in [0.29, 0.717) is 11.3 Å². The van der Waals surface area contributed by atoms with E-state index in [1.165, 1.54) is 19.2 Å². The van der Waals surface area contributed by atoms with Gasteiger partial charge in [0.25, 0.3) is 0 Å². The maximum absolute atomic E-state index is 12.6. The Kier molecular flexibility index (Phi) is 5.95. The van der Waals surface area contributed by atoms with Crippen LogP contribution in [-0.2, 0) is 9.53 Å². The number of hydrogen-bond acceptors (Lipinski definition) is 10. The SMILES string of the molecule is COc1ccc(-c2cc(=O)c3c(O)cc(O[C@@H]4O[C@H](C(=O)O)[C@@H](O)[C@@H](O)[C@H]4O)cc3o2)cc1. The third-order valence-corrected chi connectivity index (χ3v) is 5.22. The lowest BCUT2D eigenvalue weighted by molar-refractivity contribution is -0.271. The van der Waals surface area contributed by atoms with Crippen LogP contribution in [0.15, 0.2) is 51.7 Å². The fraction of sp³-hybridized carbons (Fsp3) is 0.273. The molecule has 0 bridgehead atoms. The molecule has 0 aliphatic carbocycles. The summed E-state index contributed by atoms with van der Waals surface area (Å²) in [5.74, 6) is -1.40. The molecule has 2 aromatic carbocycles. The normalized spacial score (nSPS) is 25.0. The minimum absolute atomic E-state index is 0.0519. The van der Waals surface area contributed by atoms with E-state index in [-0.39, 0.29) is 22.5 Å². The first-order chi connectivity index (χ1) is 15.7. The van der Waals surface area contributed by atoms with Crippen LogP contribution in [0.25, 0.3) is 22.3 Å². The van der Waals surface area contributed by atoms with E-state index < -0.39 is 47.9 Å². The molecule has 11 nitrogen and oxygen atoms in total. The number of fused-ring (bicyclic) bond motifs is 1. The van der Waals surface area contributed by atoms with Gasteiger partial charge in [-0.2, -0.15) is 0 Å². The molecule has 5 atom stereocenters. The molecule has 174 valence electrons. The van der Waals surface area contributed by atoms with Crippen LogP contribution in [0.3, 0.4) is 0 Å². The number of aliphatic hydroxyl groups excluding tert-OH is 3. The molecular formula is C22H20O11. The molecular weight excluding hydrogens is 440 g/mol. The fourth-order valence-corrected chi connectivity index (χ4v) is 3.49. The molecule has 0 radical (unpaired) electrons. The number of hydrogen-bond donors (Lipinski definition) is 5. The second kappa shape index (κ2) is 8.71. The van der Waals surface area contributed by atoms with Crippen molar-refractivity contribution in [1.29, 1.82) is 0 Å². The number of carbonyl (C=O) groups is 1. The van der Waals surface area contributed by atoms with Gasteiger partial charge in [0.1, 0.15) is 52.3 Å². The predicted molar refractivity (Wildman–Crippen MR) is 111 cm³/mol. The van der Waals surface area contributed by atoms with Gasteiger partial charge in [0, 0.05) is 23.8 Å². The zero-order chi connectivity index (χ0) is 23.9. The Morgan fingerprint density at radius 1 is 0.970 bits per heavy atom. The number of methoxy groups -OCH3 is 1. The Hall–Kier alpha value is -3.64. The number of phenolic OH excluding ortho intramolecular Hbond substituents is 1. The van der Waals surface area contributed by atoms with Crippen molar-refractivity contribution < 1.29 is 49.0 Å². The van der Waals surface area contributed by atoms with E-state index >= 15 is 0 Å². The minimum atomic E-state index is -1.88. The Bertz CT molecular complexity index is 1230. The summed E-state index contributed by atoms with van der Waals surface area (Å²) in [6.45, 7) is 0. The van der Waals surface area contributed by atoms with Gasteiger partial charge in [-0.15, -0.1) is 0 Å². The molecule has 11 heteroatoms. The zero-order valence-corrected chi connectivity index (χ0v) is 17.1. The van der Waals surface area contributed by atoms with Gasteiger partial charge in [0.05, 0.1) is 7.11 Å². The second-order valence-electron chi connectivity index (χ2n) is 7.37. The summed E-state index contributed by atoms with van der Waals surface area (Å²) in [6, 6.07) is 10.2. The molecule has 0 unspecified atom stereocenters. The predicted octanol–water partition coefficient (Wildman–Crippen LogP) is 0.445.